The minimum Gasteiger partial charge on any atom is -0.181 e. The summed E-state index contributed by atoms with van der Waals surface area (Å²) in [6, 6.07) is 22.1. The largest absolute Gasteiger partial charge is 0.181 e. The van der Waals surface area contributed by atoms with Crippen LogP contribution in [0.25, 0.3) is 11.1 Å². The predicted octanol–water partition coefficient (Wildman–Crippen LogP) is 6.29. The normalized spacial score (nSPS) is 9.29. The number of benzene rings is 2. The van der Waals surface area contributed by atoms with Gasteiger partial charge in [0.2, 0.25) is 0 Å². The number of nitriles is 2. The summed E-state index contributed by atoms with van der Waals surface area (Å²) < 4.78 is 0. The highest BCUT2D eigenvalue weighted by molar-refractivity contribution is 5.63. The third-order valence-electron chi connectivity index (χ3n) is 3.93. The van der Waals surface area contributed by atoms with E-state index in [1.165, 1.54) is 73.8 Å². The number of rotatable bonds is 8. The van der Waals surface area contributed by atoms with E-state index in [4.69, 9.17) is 10.5 Å². The van der Waals surface area contributed by atoms with Crippen molar-refractivity contribution in [2.24, 2.45) is 0 Å². The first-order valence-corrected chi connectivity index (χ1v) is 8.74. The van der Waals surface area contributed by atoms with Gasteiger partial charge in [-0.1, -0.05) is 93.6 Å². The molecular weight excluding hydrogens is 292 g/mol. The van der Waals surface area contributed by atoms with Crippen molar-refractivity contribution in [3.8, 4) is 23.3 Å². The van der Waals surface area contributed by atoms with Crippen LogP contribution < -0.4 is 0 Å². The van der Waals surface area contributed by atoms with E-state index in [1.54, 1.807) is 0 Å². The Balaban J connectivity index is 0.000000648. The van der Waals surface area contributed by atoms with E-state index >= 15 is 0 Å². The zero-order valence-electron chi connectivity index (χ0n) is 14.5. The standard InChI is InChI=1S/C20H26.C2N2/c1-2-3-4-5-6-8-11-18-14-16-20(17-15-18)19-12-9-7-10-13-19;3-1-2-4/h7,9-10,12-17H,2-6,8,11H2,1H3;. The van der Waals surface area contributed by atoms with Gasteiger partial charge in [-0.05, 0) is 29.5 Å². The average Bonchev–Trinajstić information content (AvgIpc) is 2.66. The molecule has 0 aliphatic rings. The Kier molecular flexibility index (Phi) is 10.5. The third kappa shape index (κ3) is 8.16. The molecule has 2 rings (SSSR count). The van der Waals surface area contributed by atoms with Gasteiger partial charge in [-0.25, -0.2) is 0 Å². The molecule has 0 unspecified atom stereocenters. The van der Waals surface area contributed by atoms with Crippen molar-refractivity contribution in [1.29, 1.82) is 10.5 Å². The molecule has 0 saturated heterocycles. The maximum absolute atomic E-state index is 7.26. The Hall–Kier alpha value is -2.58. The van der Waals surface area contributed by atoms with Gasteiger partial charge in [0.15, 0.2) is 12.1 Å². The van der Waals surface area contributed by atoms with Gasteiger partial charge >= 0.3 is 0 Å². The summed E-state index contributed by atoms with van der Waals surface area (Å²) in [5.74, 6) is 0. The fraction of sp³-hybridized carbons (Fsp3) is 0.364. The summed E-state index contributed by atoms with van der Waals surface area (Å²) in [7, 11) is 0. The average molecular weight is 318 g/mol. The van der Waals surface area contributed by atoms with Crippen molar-refractivity contribution in [1.82, 2.24) is 0 Å². The molecule has 2 heteroatoms. The maximum atomic E-state index is 7.26. The van der Waals surface area contributed by atoms with E-state index in [-0.39, 0.29) is 0 Å². The minimum atomic E-state index is 1.22. The number of aryl methyl sites for hydroxylation is 1. The number of nitrogens with zero attached hydrogens (tertiary/aromatic N) is 2. The summed E-state index contributed by atoms with van der Waals surface area (Å²) in [5.41, 5.74) is 4.09. The van der Waals surface area contributed by atoms with Crippen LogP contribution in [0.4, 0.5) is 0 Å². The van der Waals surface area contributed by atoms with Crippen molar-refractivity contribution in [3.05, 3.63) is 60.2 Å². The Labute approximate surface area is 146 Å². The Morgan fingerprint density at radius 1 is 0.667 bits per heavy atom. The van der Waals surface area contributed by atoms with Crippen LogP contribution in [0, 0.1) is 22.7 Å². The molecule has 0 N–H and O–H groups in total. The number of unbranched alkanes of at least 4 members (excludes halogenated alkanes) is 5. The van der Waals surface area contributed by atoms with Gasteiger partial charge in [0, 0.05) is 0 Å². The van der Waals surface area contributed by atoms with Gasteiger partial charge in [-0.2, -0.15) is 10.5 Å². The summed E-state index contributed by atoms with van der Waals surface area (Å²) in [5, 5.41) is 14.5. The summed E-state index contributed by atoms with van der Waals surface area (Å²) in [4.78, 5) is 0. The van der Waals surface area contributed by atoms with Crippen LogP contribution in [0.3, 0.4) is 0 Å². The first-order valence-electron chi connectivity index (χ1n) is 8.74. The molecule has 0 atom stereocenters. The predicted molar refractivity (Wildman–Crippen MR) is 100 cm³/mol. The lowest BCUT2D eigenvalue weighted by molar-refractivity contribution is 0.607. The zero-order valence-corrected chi connectivity index (χ0v) is 14.5. The van der Waals surface area contributed by atoms with Crippen LogP contribution >= 0.6 is 0 Å². The summed E-state index contributed by atoms with van der Waals surface area (Å²) in [6.07, 6.45) is 9.46. The molecule has 0 fully saturated rings. The van der Waals surface area contributed by atoms with Crippen LogP contribution in [-0.2, 0) is 6.42 Å². The first kappa shape index (κ1) is 19.5. The van der Waals surface area contributed by atoms with Gasteiger partial charge in [0.05, 0.1) is 0 Å². The lowest BCUT2D eigenvalue weighted by Crippen LogP contribution is -1.87. The van der Waals surface area contributed by atoms with Crippen LogP contribution in [-0.4, -0.2) is 0 Å². The zero-order chi connectivity index (χ0) is 17.5. The van der Waals surface area contributed by atoms with Crippen molar-refractivity contribution < 1.29 is 0 Å². The van der Waals surface area contributed by atoms with E-state index in [1.807, 2.05) is 0 Å². The molecule has 2 aromatic carbocycles. The van der Waals surface area contributed by atoms with E-state index in [0.29, 0.717) is 0 Å². The molecule has 0 aromatic heterocycles. The van der Waals surface area contributed by atoms with E-state index < -0.39 is 0 Å². The van der Waals surface area contributed by atoms with Crippen molar-refractivity contribution >= 4 is 0 Å². The maximum Gasteiger partial charge on any atom is 0.181 e. The monoisotopic (exact) mass is 318 g/mol. The van der Waals surface area contributed by atoms with Crippen LogP contribution in [0.1, 0.15) is 51.0 Å². The summed E-state index contributed by atoms with van der Waals surface area (Å²) >= 11 is 0. The molecule has 0 radical (unpaired) electrons. The molecule has 0 aliphatic carbocycles. The topological polar surface area (TPSA) is 47.6 Å². The van der Waals surface area contributed by atoms with Gasteiger partial charge < -0.3 is 0 Å². The molecule has 0 heterocycles. The van der Waals surface area contributed by atoms with Crippen LogP contribution in [0.15, 0.2) is 54.6 Å². The third-order valence-corrected chi connectivity index (χ3v) is 3.93. The van der Waals surface area contributed by atoms with Crippen molar-refractivity contribution in [3.63, 3.8) is 0 Å². The number of hydrogen-bond donors (Lipinski definition) is 0. The highest BCUT2D eigenvalue weighted by Crippen LogP contribution is 2.20. The molecule has 2 aromatic rings. The van der Waals surface area contributed by atoms with Crippen LogP contribution in [0.5, 0.6) is 0 Å². The highest BCUT2D eigenvalue weighted by Gasteiger charge is 1.98. The van der Waals surface area contributed by atoms with Gasteiger partial charge in [0.1, 0.15) is 0 Å². The molecule has 0 bridgehead atoms. The quantitative estimate of drug-likeness (QED) is 0.537. The minimum absolute atomic E-state index is 1.22. The molecule has 24 heavy (non-hydrogen) atoms. The van der Waals surface area contributed by atoms with E-state index in [9.17, 15) is 0 Å². The molecular formula is C22H26N2. The second kappa shape index (κ2) is 12.9. The molecule has 2 nitrogen and oxygen atoms in total. The fourth-order valence-electron chi connectivity index (χ4n) is 2.60. The number of hydrogen-bond acceptors (Lipinski definition) is 2. The molecule has 0 aliphatic heterocycles. The molecule has 0 saturated carbocycles. The Morgan fingerprint density at radius 3 is 1.79 bits per heavy atom. The highest BCUT2D eigenvalue weighted by atomic mass is 14.3. The Morgan fingerprint density at radius 2 is 1.21 bits per heavy atom. The SMILES string of the molecule is CCCCCCCCc1ccc(-c2ccccc2)cc1.N#CC#N. The first-order chi connectivity index (χ1) is 11.8. The second-order valence-corrected chi connectivity index (χ2v) is 5.80. The fourth-order valence-corrected chi connectivity index (χ4v) is 2.60. The van der Waals surface area contributed by atoms with Gasteiger partial charge in [0.25, 0.3) is 0 Å². The summed E-state index contributed by atoms with van der Waals surface area (Å²) in [6.45, 7) is 2.27. The lowest BCUT2D eigenvalue weighted by atomic mass is 10.0. The Bertz CT molecular complexity index is 618. The van der Waals surface area contributed by atoms with Gasteiger partial charge in [-0.3, -0.25) is 0 Å². The van der Waals surface area contributed by atoms with Crippen molar-refractivity contribution in [2.75, 3.05) is 0 Å². The van der Waals surface area contributed by atoms with Gasteiger partial charge in [-0.15, -0.1) is 0 Å². The van der Waals surface area contributed by atoms with Crippen molar-refractivity contribution in [2.45, 2.75) is 51.9 Å². The molecule has 124 valence electrons. The lowest BCUT2D eigenvalue weighted by Gasteiger charge is -2.05. The van der Waals surface area contributed by atoms with E-state index in [2.05, 4.69) is 61.5 Å². The molecule has 0 amide bonds. The van der Waals surface area contributed by atoms with Crippen LogP contribution in [0.2, 0.25) is 0 Å². The van der Waals surface area contributed by atoms with E-state index in [0.717, 1.165) is 0 Å². The second-order valence-electron chi connectivity index (χ2n) is 5.80. The molecule has 0 spiro atoms. The smallest absolute Gasteiger partial charge is 0.181 e.